The number of anilines is 1. The average molecular weight is 627 g/mol. The fourth-order valence-electron chi connectivity index (χ4n) is 3.59. The zero-order chi connectivity index (χ0) is 27.2. The molecule has 0 aliphatic heterocycles. The molecule has 0 aromatic heterocycles. The van der Waals surface area contributed by atoms with Crippen molar-refractivity contribution in [3.63, 3.8) is 0 Å². The summed E-state index contributed by atoms with van der Waals surface area (Å²) in [5.74, 6) is -0.950. The molecule has 2 amide bonds. The van der Waals surface area contributed by atoms with Gasteiger partial charge in [-0.25, -0.2) is 8.42 Å². The third-order valence-electron chi connectivity index (χ3n) is 5.60. The molecule has 3 aromatic rings. The van der Waals surface area contributed by atoms with Gasteiger partial charge in [-0.1, -0.05) is 63.4 Å². The molecular formula is C26H26BrCl2N3O4S. The van der Waals surface area contributed by atoms with Gasteiger partial charge in [-0.15, -0.1) is 0 Å². The minimum absolute atomic E-state index is 0.0211. The number of likely N-dealkylation sites (N-methyl/N-ethyl adjacent to an activating group) is 1. The lowest BCUT2D eigenvalue weighted by Crippen LogP contribution is -2.51. The quantitative estimate of drug-likeness (QED) is 0.322. The van der Waals surface area contributed by atoms with E-state index in [0.29, 0.717) is 27.8 Å². The molecule has 3 rings (SSSR count). The highest BCUT2D eigenvalue weighted by molar-refractivity contribution is 9.10. The highest BCUT2D eigenvalue weighted by Crippen LogP contribution is 2.27. The van der Waals surface area contributed by atoms with Crippen LogP contribution in [-0.4, -0.2) is 44.3 Å². The molecule has 0 fully saturated rings. The molecule has 0 bridgehead atoms. The second-order valence-electron chi connectivity index (χ2n) is 8.13. The van der Waals surface area contributed by atoms with Crippen molar-refractivity contribution < 1.29 is 18.0 Å². The topological polar surface area (TPSA) is 86.8 Å². The monoisotopic (exact) mass is 625 g/mol. The van der Waals surface area contributed by atoms with Crippen LogP contribution in [0.15, 0.2) is 82.2 Å². The number of sulfonamides is 1. The number of carbonyl (C=O) groups excluding carboxylic acids is 2. The van der Waals surface area contributed by atoms with E-state index in [1.807, 2.05) is 0 Å². The van der Waals surface area contributed by atoms with Crippen molar-refractivity contribution in [1.29, 1.82) is 0 Å². The number of hydrogen-bond acceptors (Lipinski definition) is 4. The van der Waals surface area contributed by atoms with Gasteiger partial charge >= 0.3 is 0 Å². The number of nitrogens with one attached hydrogen (secondary N) is 1. The number of halogens is 3. The van der Waals surface area contributed by atoms with Gasteiger partial charge in [0.25, 0.3) is 10.0 Å². The van der Waals surface area contributed by atoms with Crippen LogP contribution in [-0.2, 0) is 26.2 Å². The minimum Gasteiger partial charge on any atom is -0.355 e. The van der Waals surface area contributed by atoms with Gasteiger partial charge in [0.05, 0.1) is 10.6 Å². The van der Waals surface area contributed by atoms with Crippen LogP contribution >= 0.6 is 39.1 Å². The van der Waals surface area contributed by atoms with Crippen molar-refractivity contribution in [3.8, 4) is 0 Å². The highest BCUT2D eigenvalue weighted by atomic mass is 79.9. The largest absolute Gasteiger partial charge is 0.355 e. The number of hydrogen-bond donors (Lipinski definition) is 1. The Labute approximate surface area is 235 Å². The molecular weight excluding hydrogens is 601 g/mol. The zero-order valence-electron chi connectivity index (χ0n) is 20.2. The molecule has 0 heterocycles. The number of carbonyl (C=O) groups is 2. The van der Waals surface area contributed by atoms with Gasteiger partial charge in [0, 0.05) is 27.6 Å². The van der Waals surface area contributed by atoms with E-state index in [2.05, 4.69) is 21.2 Å². The van der Waals surface area contributed by atoms with Gasteiger partial charge in [0.2, 0.25) is 11.8 Å². The average Bonchev–Trinajstić information content (AvgIpc) is 2.87. The predicted octanol–water partition coefficient (Wildman–Crippen LogP) is 5.50. The fraction of sp³-hybridized carbons (Fsp3) is 0.231. The van der Waals surface area contributed by atoms with Crippen LogP contribution in [0, 0.1) is 0 Å². The van der Waals surface area contributed by atoms with Crippen LogP contribution in [0.4, 0.5) is 5.69 Å². The lowest BCUT2D eigenvalue weighted by molar-refractivity contribution is -0.139. The summed E-state index contributed by atoms with van der Waals surface area (Å²) in [5.41, 5.74) is 0.868. The number of rotatable bonds is 10. The predicted molar refractivity (Wildman–Crippen MR) is 150 cm³/mol. The van der Waals surface area contributed by atoms with Gasteiger partial charge in [0.15, 0.2) is 0 Å². The molecule has 3 aromatic carbocycles. The van der Waals surface area contributed by atoms with Crippen LogP contribution in [0.25, 0.3) is 0 Å². The summed E-state index contributed by atoms with van der Waals surface area (Å²) in [6, 6.07) is 18.4. The third kappa shape index (κ3) is 7.25. The van der Waals surface area contributed by atoms with Gasteiger partial charge in [-0.2, -0.15) is 0 Å². The summed E-state index contributed by atoms with van der Waals surface area (Å²) in [5, 5.41) is 3.47. The first-order valence-electron chi connectivity index (χ1n) is 11.4. The Morgan fingerprint density at radius 2 is 1.65 bits per heavy atom. The van der Waals surface area contributed by atoms with E-state index in [1.165, 1.54) is 17.0 Å². The first kappa shape index (κ1) is 29.0. The molecule has 0 radical (unpaired) electrons. The first-order valence-corrected chi connectivity index (χ1v) is 14.4. The molecule has 0 aliphatic carbocycles. The maximum atomic E-state index is 13.8. The van der Waals surface area contributed by atoms with E-state index in [-0.39, 0.29) is 17.3 Å². The van der Waals surface area contributed by atoms with Crippen molar-refractivity contribution in [2.24, 2.45) is 0 Å². The normalized spacial score (nSPS) is 12.0. The Morgan fingerprint density at radius 3 is 2.24 bits per heavy atom. The maximum Gasteiger partial charge on any atom is 0.264 e. The van der Waals surface area contributed by atoms with E-state index in [1.54, 1.807) is 74.5 Å². The first-order chi connectivity index (χ1) is 17.5. The summed E-state index contributed by atoms with van der Waals surface area (Å²) in [6.07, 6.45) is 0. The lowest BCUT2D eigenvalue weighted by Gasteiger charge is -2.32. The second-order valence-corrected chi connectivity index (χ2v) is 11.8. The maximum absolute atomic E-state index is 13.8. The van der Waals surface area contributed by atoms with Gasteiger partial charge in [-0.3, -0.25) is 13.9 Å². The molecule has 0 spiro atoms. The molecule has 0 aliphatic rings. The Morgan fingerprint density at radius 1 is 1.00 bits per heavy atom. The van der Waals surface area contributed by atoms with Gasteiger partial charge in [-0.05, 0) is 67.9 Å². The van der Waals surface area contributed by atoms with Crippen molar-refractivity contribution in [2.45, 2.75) is 31.3 Å². The molecule has 196 valence electrons. The lowest BCUT2D eigenvalue weighted by atomic mass is 10.1. The Hall–Kier alpha value is -2.59. The van der Waals surface area contributed by atoms with Crippen molar-refractivity contribution in [1.82, 2.24) is 10.2 Å². The van der Waals surface area contributed by atoms with Crippen LogP contribution in [0.5, 0.6) is 0 Å². The van der Waals surface area contributed by atoms with Crippen LogP contribution < -0.4 is 9.62 Å². The van der Waals surface area contributed by atoms with E-state index >= 15 is 0 Å². The summed E-state index contributed by atoms with van der Waals surface area (Å²) in [7, 11) is -4.11. The van der Waals surface area contributed by atoms with Crippen molar-refractivity contribution in [3.05, 3.63) is 92.9 Å². The summed E-state index contributed by atoms with van der Waals surface area (Å²) in [6.45, 7) is 3.18. The smallest absolute Gasteiger partial charge is 0.264 e. The van der Waals surface area contributed by atoms with Crippen LogP contribution in [0.2, 0.25) is 10.0 Å². The molecule has 7 nitrogen and oxygen atoms in total. The van der Waals surface area contributed by atoms with Crippen LogP contribution in [0.1, 0.15) is 19.4 Å². The molecule has 0 unspecified atom stereocenters. The van der Waals surface area contributed by atoms with E-state index in [4.69, 9.17) is 23.2 Å². The Kier molecular flexibility index (Phi) is 10.0. The summed E-state index contributed by atoms with van der Waals surface area (Å²) >= 11 is 15.7. The highest BCUT2D eigenvalue weighted by Gasteiger charge is 2.32. The van der Waals surface area contributed by atoms with Gasteiger partial charge < -0.3 is 10.2 Å². The minimum atomic E-state index is -4.11. The zero-order valence-corrected chi connectivity index (χ0v) is 24.1. The number of nitrogens with zero attached hydrogens (tertiary/aromatic N) is 2. The molecule has 0 saturated carbocycles. The van der Waals surface area contributed by atoms with E-state index < -0.39 is 28.5 Å². The molecule has 37 heavy (non-hydrogen) atoms. The van der Waals surface area contributed by atoms with Crippen LogP contribution in [0.3, 0.4) is 0 Å². The molecule has 11 heteroatoms. The standard InChI is InChI=1S/C26H26BrCl2N3O4S/c1-3-30-26(34)18(2)31(16-19-9-12-21(28)15-24(19)29)25(33)17-32(22-13-10-20(27)11-14-22)37(35,36)23-7-5-4-6-8-23/h4-15,18H,3,16-17H2,1-2H3,(H,30,34)/t18-/m1/s1. The SMILES string of the molecule is CCNC(=O)[C@@H](C)N(Cc1ccc(Cl)cc1Cl)C(=O)CN(c1ccc(Br)cc1)S(=O)(=O)c1ccccc1. The number of benzene rings is 3. The van der Waals surface area contributed by atoms with Crippen molar-refractivity contribution in [2.75, 3.05) is 17.4 Å². The fourth-order valence-corrected chi connectivity index (χ4v) is 5.76. The van der Waals surface area contributed by atoms with Gasteiger partial charge in [0.1, 0.15) is 12.6 Å². The molecule has 1 atom stereocenters. The summed E-state index contributed by atoms with van der Waals surface area (Å²) < 4.78 is 29.1. The third-order valence-corrected chi connectivity index (χ3v) is 8.50. The van der Waals surface area contributed by atoms with E-state index in [0.717, 1.165) is 8.78 Å². The Balaban J connectivity index is 2.03. The second kappa shape index (κ2) is 12.8. The van der Waals surface area contributed by atoms with E-state index in [9.17, 15) is 18.0 Å². The molecule has 1 N–H and O–H groups in total. The number of amides is 2. The Bertz CT molecular complexity index is 1360. The summed E-state index contributed by atoms with van der Waals surface area (Å²) in [4.78, 5) is 27.8. The van der Waals surface area contributed by atoms with Crippen molar-refractivity contribution >= 4 is 66.7 Å². The molecule has 0 saturated heterocycles.